The normalized spacial score (nSPS) is 13.7. The standard InChI is InChI=1S/C5H10N2O2S/c1-4(5(6)8)10-3-2-7-9/h2,4,9H,3H2,1H3,(H2,6,8). The Hall–Kier alpha value is -0.710. The van der Waals surface area contributed by atoms with Gasteiger partial charge in [-0.15, -0.1) is 16.9 Å². The molecular formula is C5H10N2O2S. The Kier molecular flexibility index (Phi) is 4.74. The lowest BCUT2D eigenvalue weighted by Gasteiger charge is -2.01. The van der Waals surface area contributed by atoms with E-state index < -0.39 is 0 Å². The van der Waals surface area contributed by atoms with Crippen molar-refractivity contribution >= 4 is 23.9 Å². The number of carbonyl (C=O) groups is 1. The summed E-state index contributed by atoms with van der Waals surface area (Å²) in [5.74, 6) is 0.150. The largest absolute Gasteiger partial charge is 0.411 e. The van der Waals surface area contributed by atoms with E-state index in [0.29, 0.717) is 5.75 Å². The quantitative estimate of drug-likeness (QED) is 0.348. The van der Waals surface area contributed by atoms with Gasteiger partial charge >= 0.3 is 0 Å². The minimum atomic E-state index is -0.351. The fraction of sp³-hybridized carbons (Fsp3) is 0.600. The van der Waals surface area contributed by atoms with E-state index in [9.17, 15) is 4.79 Å². The van der Waals surface area contributed by atoms with Gasteiger partial charge in [-0.05, 0) is 6.92 Å². The van der Waals surface area contributed by atoms with E-state index >= 15 is 0 Å². The summed E-state index contributed by atoms with van der Waals surface area (Å²) in [7, 11) is 0. The fourth-order valence-electron chi connectivity index (χ4n) is 0.303. The summed E-state index contributed by atoms with van der Waals surface area (Å²) in [6.07, 6.45) is 1.31. The number of carbonyl (C=O) groups excluding carboxylic acids is 1. The van der Waals surface area contributed by atoms with Crippen molar-refractivity contribution < 1.29 is 10.0 Å². The molecule has 0 aliphatic rings. The SMILES string of the molecule is CC(SCC=NO)C(N)=O. The van der Waals surface area contributed by atoms with Crippen LogP contribution in [0.15, 0.2) is 5.16 Å². The Morgan fingerprint density at radius 2 is 2.60 bits per heavy atom. The molecule has 0 aliphatic heterocycles. The maximum absolute atomic E-state index is 10.4. The van der Waals surface area contributed by atoms with Crippen molar-refractivity contribution in [1.82, 2.24) is 0 Å². The molecule has 0 aromatic rings. The number of hydrogen-bond donors (Lipinski definition) is 2. The van der Waals surface area contributed by atoms with Crippen LogP contribution in [0.4, 0.5) is 0 Å². The van der Waals surface area contributed by atoms with Gasteiger partial charge in [-0.3, -0.25) is 4.79 Å². The maximum Gasteiger partial charge on any atom is 0.230 e. The van der Waals surface area contributed by atoms with Gasteiger partial charge in [0, 0.05) is 5.75 Å². The van der Waals surface area contributed by atoms with E-state index in [1.54, 1.807) is 6.92 Å². The van der Waals surface area contributed by atoms with E-state index in [4.69, 9.17) is 10.9 Å². The molecular weight excluding hydrogens is 152 g/mol. The molecule has 0 aromatic heterocycles. The van der Waals surface area contributed by atoms with E-state index in [2.05, 4.69) is 5.16 Å². The van der Waals surface area contributed by atoms with Crippen molar-refractivity contribution in [3.8, 4) is 0 Å². The lowest BCUT2D eigenvalue weighted by atomic mass is 10.5. The second-order valence-electron chi connectivity index (χ2n) is 1.68. The van der Waals surface area contributed by atoms with Crippen LogP contribution < -0.4 is 5.73 Å². The maximum atomic E-state index is 10.4. The second kappa shape index (κ2) is 5.10. The Labute approximate surface area is 63.5 Å². The molecule has 0 fully saturated rings. The number of primary amides is 1. The lowest BCUT2D eigenvalue weighted by Crippen LogP contribution is -2.22. The minimum absolute atomic E-state index is 0.224. The molecule has 1 amide bonds. The van der Waals surface area contributed by atoms with E-state index in [1.165, 1.54) is 18.0 Å². The summed E-state index contributed by atoms with van der Waals surface area (Å²) < 4.78 is 0. The summed E-state index contributed by atoms with van der Waals surface area (Å²) in [6.45, 7) is 1.71. The van der Waals surface area contributed by atoms with Crippen LogP contribution in [-0.2, 0) is 4.79 Å². The van der Waals surface area contributed by atoms with Crippen LogP contribution in [0.1, 0.15) is 6.92 Å². The number of nitrogens with zero attached hydrogens (tertiary/aromatic N) is 1. The predicted molar refractivity (Wildman–Crippen MR) is 41.4 cm³/mol. The molecule has 1 unspecified atom stereocenters. The van der Waals surface area contributed by atoms with Crippen molar-refractivity contribution in [3.63, 3.8) is 0 Å². The molecule has 4 nitrogen and oxygen atoms in total. The van der Waals surface area contributed by atoms with Gasteiger partial charge in [-0.2, -0.15) is 0 Å². The van der Waals surface area contributed by atoms with Crippen LogP contribution in [0.2, 0.25) is 0 Å². The highest BCUT2D eigenvalue weighted by molar-refractivity contribution is 8.01. The molecule has 1 atom stereocenters. The monoisotopic (exact) mass is 162 g/mol. The van der Waals surface area contributed by atoms with E-state index in [0.717, 1.165) is 0 Å². The first kappa shape index (κ1) is 9.29. The van der Waals surface area contributed by atoms with E-state index in [-0.39, 0.29) is 11.2 Å². The molecule has 0 spiro atoms. The van der Waals surface area contributed by atoms with Gasteiger partial charge in [0.05, 0.1) is 11.5 Å². The number of oxime groups is 1. The zero-order valence-electron chi connectivity index (χ0n) is 5.65. The smallest absolute Gasteiger partial charge is 0.230 e. The van der Waals surface area contributed by atoms with Crippen LogP contribution in [0.5, 0.6) is 0 Å². The number of nitrogens with two attached hydrogens (primary N) is 1. The molecule has 0 radical (unpaired) electrons. The fourth-order valence-corrected chi connectivity index (χ4v) is 0.909. The van der Waals surface area contributed by atoms with Gasteiger partial charge in [0.2, 0.25) is 5.91 Å². The van der Waals surface area contributed by atoms with Crippen LogP contribution in [0, 0.1) is 0 Å². The molecule has 0 rings (SSSR count). The number of thioether (sulfide) groups is 1. The molecule has 3 N–H and O–H groups in total. The number of rotatable bonds is 4. The average molecular weight is 162 g/mol. The Balaban J connectivity index is 3.39. The third-order valence-electron chi connectivity index (χ3n) is 0.903. The number of amides is 1. The summed E-state index contributed by atoms with van der Waals surface area (Å²) in [6, 6.07) is 0. The van der Waals surface area contributed by atoms with Gasteiger partial charge in [0.1, 0.15) is 0 Å². The highest BCUT2D eigenvalue weighted by Crippen LogP contribution is 2.06. The molecule has 58 valence electrons. The van der Waals surface area contributed by atoms with Gasteiger partial charge in [0.15, 0.2) is 0 Å². The highest BCUT2D eigenvalue weighted by atomic mass is 32.2. The Morgan fingerprint density at radius 1 is 2.00 bits per heavy atom. The first-order valence-corrected chi connectivity index (χ1v) is 3.80. The summed E-state index contributed by atoms with van der Waals surface area (Å²) >= 11 is 1.33. The summed E-state index contributed by atoms with van der Waals surface area (Å²) in [5.41, 5.74) is 4.95. The third-order valence-corrected chi connectivity index (χ3v) is 1.98. The summed E-state index contributed by atoms with van der Waals surface area (Å²) in [5, 5.41) is 10.5. The van der Waals surface area contributed by atoms with Crippen molar-refractivity contribution in [2.24, 2.45) is 10.9 Å². The summed E-state index contributed by atoms with van der Waals surface area (Å²) in [4.78, 5) is 10.4. The number of hydrogen-bond acceptors (Lipinski definition) is 4. The molecule has 5 heteroatoms. The first-order chi connectivity index (χ1) is 4.68. The van der Waals surface area contributed by atoms with Crippen molar-refractivity contribution in [1.29, 1.82) is 0 Å². The van der Waals surface area contributed by atoms with E-state index in [1.807, 2.05) is 0 Å². The molecule has 0 aromatic carbocycles. The zero-order chi connectivity index (χ0) is 7.98. The van der Waals surface area contributed by atoms with Crippen LogP contribution >= 0.6 is 11.8 Å². The van der Waals surface area contributed by atoms with Crippen LogP contribution in [-0.4, -0.2) is 28.3 Å². The topological polar surface area (TPSA) is 75.7 Å². The van der Waals surface area contributed by atoms with Gasteiger partial charge < -0.3 is 10.9 Å². The van der Waals surface area contributed by atoms with Crippen LogP contribution in [0.3, 0.4) is 0 Å². The van der Waals surface area contributed by atoms with Crippen molar-refractivity contribution in [2.75, 3.05) is 5.75 Å². The Morgan fingerprint density at radius 3 is 3.00 bits per heavy atom. The average Bonchev–Trinajstić information content (AvgIpc) is 1.88. The molecule has 10 heavy (non-hydrogen) atoms. The molecule has 0 heterocycles. The van der Waals surface area contributed by atoms with Gasteiger partial charge in [0.25, 0.3) is 0 Å². The van der Waals surface area contributed by atoms with Crippen molar-refractivity contribution in [3.05, 3.63) is 0 Å². The highest BCUT2D eigenvalue weighted by Gasteiger charge is 2.06. The molecule has 0 saturated carbocycles. The predicted octanol–water partition coefficient (Wildman–Crippen LogP) is 0.0534. The van der Waals surface area contributed by atoms with Crippen molar-refractivity contribution in [2.45, 2.75) is 12.2 Å². The lowest BCUT2D eigenvalue weighted by molar-refractivity contribution is -0.117. The minimum Gasteiger partial charge on any atom is -0.411 e. The third kappa shape index (κ3) is 4.20. The molecule has 0 saturated heterocycles. The van der Waals surface area contributed by atoms with Gasteiger partial charge in [-0.1, -0.05) is 0 Å². The first-order valence-electron chi connectivity index (χ1n) is 2.75. The van der Waals surface area contributed by atoms with Crippen LogP contribution in [0.25, 0.3) is 0 Å². The molecule has 0 bridgehead atoms. The molecule has 0 aliphatic carbocycles. The zero-order valence-corrected chi connectivity index (χ0v) is 6.47. The Bertz CT molecular complexity index is 138. The van der Waals surface area contributed by atoms with Gasteiger partial charge in [-0.25, -0.2) is 0 Å². The second-order valence-corrected chi connectivity index (χ2v) is 3.05.